The fourth-order valence-electron chi connectivity index (χ4n) is 7.51. The number of anilines is 2. The number of benzene rings is 4. The van der Waals surface area contributed by atoms with E-state index in [-0.39, 0.29) is 0 Å². The van der Waals surface area contributed by atoms with Gasteiger partial charge in [0.1, 0.15) is 0 Å². The Morgan fingerprint density at radius 2 is 0.620 bits per heavy atom. The van der Waals surface area contributed by atoms with E-state index in [1.807, 2.05) is 24.3 Å². The van der Waals surface area contributed by atoms with Crippen molar-refractivity contribution in [1.29, 1.82) is 0 Å². The summed E-state index contributed by atoms with van der Waals surface area (Å²) in [5.41, 5.74) is 25.2. The highest BCUT2D eigenvalue weighted by atomic mass is 14.5. The molecule has 4 rings (SSSR count). The van der Waals surface area contributed by atoms with Crippen LogP contribution in [0.2, 0.25) is 0 Å². The maximum atomic E-state index is 5.88. The van der Waals surface area contributed by atoms with Gasteiger partial charge >= 0.3 is 0 Å². The maximum absolute atomic E-state index is 5.88. The van der Waals surface area contributed by atoms with Crippen LogP contribution in [0, 0.1) is 0 Å². The van der Waals surface area contributed by atoms with Gasteiger partial charge in [-0.1, -0.05) is 164 Å². The molecule has 0 heterocycles. The second kappa shape index (κ2) is 23.0. The number of nitrogen functional groups attached to an aromatic ring is 2. The average molecular weight is 673 g/mol. The molecule has 0 aromatic heterocycles. The molecule has 2 heteroatoms. The lowest BCUT2D eigenvalue weighted by Crippen LogP contribution is -1.98. The van der Waals surface area contributed by atoms with Gasteiger partial charge < -0.3 is 11.5 Å². The lowest BCUT2D eigenvalue weighted by Gasteiger charge is -2.12. The van der Waals surface area contributed by atoms with Crippen LogP contribution in [0.4, 0.5) is 11.4 Å². The summed E-state index contributed by atoms with van der Waals surface area (Å²) in [6.07, 6.45) is 28.7. The first-order valence-corrected chi connectivity index (χ1v) is 20.4. The van der Waals surface area contributed by atoms with Crippen molar-refractivity contribution < 1.29 is 0 Å². The van der Waals surface area contributed by atoms with Crippen LogP contribution in [-0.4, -0.2) is 0 Å². The predicted molar refractivity (Wildman–Crippen MR) is 220 cm³/mol. The fourth-order valence-corrected chi connectivity index (χ4v) is 7.51. The summed E-state index contributed by atoms with van der Waals surface area (Å²) in [5.74, 6) is 0. The Kier molecular flexibility index (Phi) is 18.1. The zero-order valence-corrected chi connectivity index (χ0v) is 31.8. The fraction of sp³-hybridized carbons (Fsp3) is 0.500. The summed E-state index contributed by atoms with van der Waals surface area (Å²) in [4.78, 5) is 0. The second-order valence-corrected chi connectivity index (χ2v) is 15.0. The standard InChI is InChI=1S/C48H68N2/c1-3-19-43-35-39(23-29-45(43)37-41-25-31-47(49)32-26-41)21-17-15-13-11-9-7-5-6-8-10-12-14-16-18-22-40-24-30-46(44(36-40)20-4-2)38-42-27-33-48(50)34-28-42/h23-36H,3-22,37-38,49-50H2,1-2H3. The van der Waals surface area contributed by atoms with Crippen LogP contribution in [0.5, 0.6) is 0 Å². The van der Waals surface area contributed by atoms with E-state index in [1.165, 1.54) is 173 Å². The first kappa shape index (κ1) is 39.3. The monoisotopic (exact) mass is 673 g/mol. The second-order valence-electron chi connectivity index (χ2n) is 15.0. The van der Waals surface area contributed by atoms with Gasteiger partial charge in [0.25, 0.3) is 0 Å². The van der Waals surface area contributed by atoms with Crippen LogP contribution in [0.25, 0.3) is 0 Å². The zero-order chi connectivity index (χ0) is 35.2. The third-order valence-corrected chi connectivity index (χ3v) is 10.5. The van der Waals surface area contributed by atoms with Gasteiger partial charge in [0.2, 0.25) is 0 Å². The largest absolute Gasteiger partial charge is 0.399 e. The van der Waals surface area contributed by atoms with Crippen LogP contribution in [0.3, 0.4) is 0 Å². The van der Waals surface area contributed by atoms with E-state index in [1.54, 1.807) is 0 Å². The van der Waals surface area contributed by atoms with E-state index < -0.39 is 0 Å². The van der Waals surface area contributed by atoms with E-state index >= 15 is 0 Å². The van der Waals surface area contributed by atoms with Gasteiger partial charge in [0.05, 0.1) is 0 Å². The van der Waals surface area contributed by atoms with Gasteiger partial charge in [-0.2, -0.15) is 0 Å². The van der Waals surface area contributed by atoms with Crippen molar-refractivity contribution in [3.8, 4) is 0 Å². The van der Waals surface area contributed by atoms with E-state index in [0.29, 0.717) is 0 Å². The highest BCUT2D eigenvalue weighted by molar-refractivity contribution is 5.43. The molecule has 0 bridgehead atoms. The predicted octanol–water partition coefficient (Wildman–Crippen LogP) is 13.2. The molecular formula is C48H68N2. The Labute approximate surface area is 306 Å². The molecule has 2 nitrogen and oxygen atoms in total. The smallest absolute Gasteiger partial charge is 0.0314 e. The topological polar surface area (TPSA) is 52.0 Å². The van der Waals surface area contributed by atoms with Crippen LogP contribution in [0.1, 0.15) is 161 Å². The molecule has 0 aliphatic carbocycles. The molecule has 0 spiro atoms. The Morgan fingerprint density at radius 3 is 0.940 bits per heavy atom. The molecular weight excluding hydrogens is 605 g/mol. The number of rotatable bonds is 25. The molecule has 0 radical (unpaired) electrons. The quantitative estimate of drug-likeness (QED) is 0.0544. The minimum Gasteiger partial charge on any atom is -0.399 e. The Hall–Kier alpha value is -3.52. The summed E-state index contributed by atoms with van der Waals surface area (Å²) >= 11 is 0. The van der Waals surface area contributed by atoms with Crippen molar-refractivity contribution in [2.24, 2.45) is 0 Å². The average Bonchev–Trinajstić information content (AvgIpc) is 3.12. The molecule has 0 saturated heterocycles. The maximum Gasteiger partial charge on any atom is 0.0314 e. The SMILES string of the molecule is CCCc1cc(CCCCCCCCCCCCCCCCc2ccc(Cc3ccc(N)cc3)c(CCC)c2)ccc1Cc1ccc(N)cc1. The van der Waals surface area contributed by atoms with Gasteiger partial charge in [-0.25, -0.2) is 0 Å². The van der Waals surface area contributed by atoms with Crippen LogP contribution >= 0.6 is 0 Å². The molecule has 4 N–H and O–H groups in total. The first-order valence-electron chi connectivity index (χ1n) is 20.4. The Morgan fingerprint density at radius 1 is 0.320 bits per heavy atom. The van der Waals surface area contributed by atoms with Crippen LogP contribution in [0.15, 0.2) is 84.9 Å². The van der Waals surface area contributed by atoms with Crippen molar-refractivity contribution in [3.05, 3.63) is 129 Å². The molecule has 0 aliphatic rings. The number of aryl methyl sites for hydroxylation is 4. The summed E-state index contributed by atoms with van der Waals surface area (Å²) in [6, 6.07) is 31.2. The molecule has 0 fully saturated rings. The zero-order valence-electron chi connectivity index (χ0n) is 31.8. The lowest BCUT2D eigenvalue weighted by atomic mass is 9.93. The highest BCUT2D eigenvalue weighted by Crippen LogP contribution is 2.23. The third kappa shape index (κ3) is 14.8. The normalized spacial score (nSPS) is 11.3. The molecule has 50 heavy (non-hydrogen) atoms. The summed E-state index contributed by atoms with van der Waals surface area (Å²) in [7, 11) is 0. The third-order valence-electron chi connectivity index (χ3n) is 10.5. The molecule has 0 unspecified atom stereocenters. The lowest BCUT2D eigenvalue weighted by molar-refractivity contribution is 0.533. The highest BCUT2D eigenvalue weighted by Gasteiger charge is 2.08. The number of nitrogens with two attached hydrogens (primary N) is 2. The van der Waals surface area contributed by atoms with Crippen molar-refractivity contribution >= 4 is 11.4 Å². The first-order chi connectivity index (χ1) is 24.5. The summed E-state index contributed by atoms with van der Waals surface area (Å²) in [5, 5.41) is 0. The van der Waals surface area contributed by atoms with Gasteiger partial charge in [-0.15, -0.1) is 0 Å². The van der Waals surface area contributed by atoms with Crippen molar-refractivity contribution in [1.82, 2.24) is 0 Å². The molecule has 4 aromatic carbocycles. The minimum absolute atomic E-state index is 0.840. The molecule has 270 valence electrons. The molecule has 0 aliphatic heterocycles. The van der Waals surface area contributed by atoms with E-state index in [4.69, 9.17) is 11.5 Å². The molecule has 0 saturated carbocycles. The van der Waals surface area contributed by atoms with Gasteiger partial charge in [0.15, 0.2) is 0 Å². The van der Waals surface area contributed by atoms with Crippen molar-refractivity contribution in [2.45, 2.75) is 155 Å². The van der Waals surface area contributed by atoms with E-state index in [2.05, 4.69) is 74.5 Å². The van der Waals surface area contributed by atoms with Crippen molar-refractivity contribution in [3.63, 3.8) is 0 Å². The minimum atomic E-state index is 0.840. The van der Waals surface area contributed by atoms with Gasteiger partial charge in [0, 0.05) is 11.4 Å². The van der Waals surface area contributed by atoms with Crippen LogP contribution in [-0.2, 0) is 38.5 Å². The number of unbranched alkanes of at least 4 members (excludes halogenated alkanes) is 13. The number of hydrogen-bond donors (Lipinski definition) is 2. The van der Waals surface area contributed by atoms with E-state index in [0.717, 1.165) is 24.2 Å². The van der Waals surface area contributed by atoms with Crippen LogP contribution < -0.4 is 11.5 Å². The Bertz CT molecular complexity index is 1370. The van der Waals surface area contributed by atoms with Crippen molar-refractivity contribution in [2.75, 3.05) is 11.5 Å². The van der Waals surface area contributed by atoms with E-state index in [9.17, 15) is 0 Å². The summed E-state index contributed by atoms with van der Waals surface area (Å²) in [6.45, 7) is 4.58. The molecule has 4 aromatic rings. The summed E-state index contributed by atoms with van der Waals surface area (Å²) < 4.78 is 0. The number of hydrogen-bond acceptors (Lipinski definition) is 2. The van der Waals surface area contributed by atoms with Gasteiger partial charge in [-0.05, 0) is 120 Å². The molecule has 0 atom stereocenters. The Balaban J connectivity index is 0.976. The van der Waals surface area contributed by atoms with Gasteiger partial charge in [-0.3, -0.25) is 0 Å². The molecule has 0 amide bonds.